The van der Waals surface area contributed by atoms with Gasteiger partial charge in [0.1, 0.15) is 0 Å². The average molecular weight is 274 g/mol. The summed E-state index contributed by atoms with van der Waals surface area (Å²) in [5, 5.41) is 3.57. The number of piperidine rings is 1. The lowest BCUT2D eigenvalue weighted by Gasteiger charge is -2.32. The highest BCUT2D eigenvalue weighted by Gasteiger charge is 2.23. The summed E-state index contributed by atoms with van der Waals surface area (Å²) < 4.78 is 0. The Hall–Kier alpha value is -1.16. The highest BCUT2D eigenvalue weighted by Crippen LogP contribution is 2.35. The molecular formula is C16H26N4. The molecule has 0 aromatic carbocycles. The fourth-order valence-corrected chi connectivity index (χ4v) is 3.21. The molecule has 0 amide bonds. The van der Waals surface area contributed by atoms with Gasteiger partial charge in [-0.2, -0.15) is 0 Å². The Morgan fingerprint density at radius 1 is 1.25 bits per heavy atom. The molecule has 1 aliphatic carbocycles. The van der Waals surface area contributed by atoms with Crippen LogP contribution < -0.4 is 5.32 Å². The Morgan fingerprint density at radius 2 is 2.10 bits per heavy atom. The molecule has 0 bridgehead atoms. The molecule has 0 radical (unpaired) electrons. The second kappa shape index (κ2) is 6.08. The van der Waals surface area contributed by atoms with E-state index in [1.54, 1.807) is 0 Å². The molecular weight excluding hydrogens is 248 g/mol. The van der Waals surface area contributed by atoms with Crippen molar-refractivity contribution in [2.24, 2.45) is 0 Å². The number of rotatable bonds is 4. The Morgan fingerprint density at radius 3 is 2.80 bits per heavy atom. The smallest absolute Gasteiger partial charge is 0.223 e. The second-order valence-corrected chi connectivity index (χ2v) is 6.26. The first-order chi connectivity index (χ1) is 9.74. The summed E-state index contributed by atoms with van der Waals surface area (Å²) in [5.74, 6) is 1.52. The van der Waals surface area contributed by atoms with E-state index < -0.39 is 0 Å². The lowest BCUT2D eigenvalue weighted by molar-refractivity contribution is 0.226. The highest BCUT2D eigenvalue weighted by molar-refractivity contribution is 5.31. The number of nitrogens with one attached hydrogen (secondary N) is 1. The van der Waals surface area contributed by atoms with Crippen molar-refractivity contribution in [2.75, 3.05) is 25.0 Å². The van der Waals surface area contributed by atoms with E-state index in [4.69, 9.17) is 4.98 Å². The number of aryl methyl sites for hydroxylation is 1. The lowest BCUT2D eigenvalue weighted by atomic mass is 9.83. The van der Waals surface area contributed by atoms with E-state index in [0.29, 0.717) is 12.0 Å². The molecule has 1 aromatic heterocycles. The third kappa shape index (κ3) is 3.11. The van der Waals surface area contributed by atoms with Crippen molar-refractivity contribution >= 4 is 5.95 Å². The van der Waals surface area contributed by atoms with Gasteiger partial charge in [-0.05, 0) is 51.8 Å². The third-order valence-electron chi connectivity index (χ3n) is 4.68. The topological polar surface area (TPSA) is 41.0 Å². The predicted octanol–water partition coefficient (Wildman–Crippen LogP) is 2.95. The van der Waals surface area contributed by atoms with Gasteiger partial charge in [-0.25, -0.2) is 9.97 Å². The van der Waals surface area contributed by atoms with E-state index in [9.17, 15) is 0 Å². The van der Waals surface area contributed by atoms with Crippen molar-refractivity contribution in [2.45, 2.75) is 57.9 Å². The predicted molar refractivity (Wildman–Crippen MR) is 82.1 cm³/mol. The number of likely N-dealkylation sites (tertiary alicyclic amines) is 1. The average Bonchev–Trinajstić information content (AvgIpc) is 2.36. The SMILES string of the molecule is CCN1CCCC(Nc2nc(C)cc(C3CCC3)n2)C1. The summed E-state index contributed by atoms with van der Waals surface area (Å²) in [4.78, 5) is 11.8. The lowest BCUT2D eigenvalue weighted by Crippen LogP contribution is -2.42. The van der Waals surface area contributed by atoms with Crippen molar-refractivity contribution < 1.29 is 0 Å². The van der Waals surface area contributed by atoms with E-state index in [1.807, 2.05) is 0 Å². The van der Waals surface area contributed by atoms with Gasteiger partial charge in [-0.15, -0.1) is 0 Å². The number of nitrogens with zero attached hydrogens (tertiary/aromatic N) is 3. The Kier molecular flexibility index (Phi) is 4.20. The first-order valence-corrected chi connectivity index (χ1v) is 8.09. The third-order valence-corrected chi connectivity index (χ3v) is 4.68. The summed E-state index contributed by atoms with van der Waals surface area (Å²) in [7, 11) is 0. The molecule has 1 aliphatic heterocycles. The van der Waals surface area contributed by atoms with Gasteiger partial charge in [0, 0.05) is 29.9 Å². The van der Waals surface area contributed by atoms with Crippen molar-refractivity contribution in [3.8, 4) is 0 Å². The first kappa shape index (κ1) is 13.8. The van der Waals surface area contributed by atoms with Gasteiger partial charge in [0.05, 0.1) is 0 Å². The van der Waals surface area contributed by atoms with Crippen LogP contribution in [0.1, 0.15) is 56.3 Å². The van der Waals surface area contributed by atoms with Gasteiger partial charge < -0.3 is 10.2 Å². The van der Waals surface area contributed by atoms with E-state index in [0.717, 1.165) is 24.7 Å². The normalized spacial score (nSPS) is 24.4. The van der Waals surface area contributed by atoms with Crippen LogP contribution in [-0.4, -0.2) is 40.5 Å². The minimum atomic E-state index is 0.500. The van der Waals surface area contributed by atoms with E-state index in [1.165, 1.54) is 44.3 Å². The van der Waals surface area contributed by atoms with Crippen molar-refractivity contribution in [3.63, 3.8) is 0 Å². The molecule has 1 saturated heterocycles. The standard InChI is InChI=1S/C16H26N4/c1-3-20-9-5-8-14(11-20)18-16-17-12(2)10-15(19-16)13-6-4-7-13/h10,13-14H,3-9,11H2,1-2H3,(H,17,18,19). The van der Waals surface area contributed by atoms with Gasteiger partial charge in [-0.1, -0.05) is 13.3 Å². The zero-order valence-corrected chi connectivity index (χ0v) is 12.7. The highest BCUT2D eigenvalue weighted by atomic mass is 15.2. The Bertz CT molecular complexity index is 456. The number of hydrogen-bond acceptors (Lipinski definition) is 4. The molecule has 2 aliphatic rings. The number of aromatic nitrogens is 2. The van der Waals surface area contributed by atoms with Crippen LogP contribution in [0.15, 0.2) is 6.07 Å². The Balaban J connectivity index is 1.68. The van der Waals surface area contributed by atoms with Crippen molar-refractivity contribution in [3.05, 3.63) is 17.5 Å². The van der Waals surface area contributed by atoms with E-state index in [2.05, 4.69) is 35.1 Å². The maximum atomic E-state index is 4.76. The van der Waals surface area contributed by atoms with Crippen LogP contribution in [0.4, 0.5) is 5.95 Å². The van der Waals surface area contributed by atoms with Crippen molar-refractivity contribution in [1.29, 1.82) is 0 Å². The molecule has 4 nitrogen and oxygen atoms in total. The van der Waals surface area contributed by atoms with Crippen LogP contribution in [0.2, 0.25) is 0 Å². The first-order valence-electron chi connectivity index (χ1n) is 8.09. The molecule has 110 valence electrons. The molecule has 2 heterocycles. The summed E-state index contributed by atoms with van der Waals surface area (Å²) in [6, 6.07) is 2.66. The zero-order valence-electron chi connectivity index (χ0n) is 12.7. The van der Waals surface area contributed by atoms with Gasteiger partial charge >= 0.3 is 0 Å². The molecule has 1 unspecified atom stereocenters. The zero-order chi connectivity index (χ0) is 13.9. The second-order valence-electron chi connectivity index (χ2n) is 6.26. The number of hydrogen-bond donors (Lipinski definition) is 1. The van der Waals surface area contributed by atoms with Crippen LogP contribution in [0, 0.1) is 6.92 Å². The molecule has 1 saturated carbocycles. The molecule has 4 heteroatoms. The summed E-state index contributed by atoms with van der Waals surface area (Å²) in [6.45, 7) is 7.80. The molecule has 1 aromatic rings. The monoisotopic (exact) mass is 274 g/mol. The molecule has 20 heavy (non-hydrogen) atoms. The fourth-order valence-electron chi connectivity index (χ4n) is 3.21. The number of likely N-dealkylation sites (N-methyl/N-ethyl adjacent to an activating group) is 1. The maximum Gasteiger partial charge on any atom is 0.223 e. The van der Waals surface area contributed by atoms with Crippen molar-refractivity contribution in [1.82, 2.24) is 14.9 Å². The van der Waals surface area contributed by atoms with Crippen LogP contribution in [0.3, 0.4) is 0 Å². The molecule has 0 spiro atoms. The maximum absolute atomic E-state index is 4.76. The summed E-state index contributed by atoms with van der Waals surface area (Å²) in [5.41, 5.74) is 2.34. The van der Waals surface area contributed by atoms with Gasteiger partial charge in [-0.3, -0.25) is 0 Å². The van der Waals surface area contributed by atoms with Gasteiger partial charge in [0.15, 0.2) is 0 Å². The van der Waals surface area contributed by atoms with Crippen LogP contribution in [-0.2, 0) is 0 Å². The van der Waals surface area contributed by atoms with Gasteiger partial charge in [0.2, 0.25) is 5.95 Å². The van der Waals surface area contributed by atoms with Crippen LogP contribution in [0.5, 0.6) is 0 Å². The molecule has 1 N–H and O–H groups in total. The van der Waals surface area contributed by atoms with Gasteiger partial charge in [0.25, 0.3) is 0 Å². The van der Waals surface area contributed by atoms with E-state index >= 15 is 0 Å². The molecule has 1 atom stereocenters. The number of anilines is 1. The molecule has 3 rings (SSSR count). The van der Waals surface area contributed by atoms with E-state index in [-0.39, 0.29) is 0 Å². The van der Waals surface area contributed by atoms with Crippen LogP contribution >= 0.6 is 0 Å². The quantitative estimate of drug-likeness (QED) is 0.916. The minimum Gasteiger partial charge on any atom is -0.350 e. The summed E-state index contributed by atoms with van der Waals surface area (Å²) >= 11 is 0. The largest absolute Gasteiger partial charge is 0.350 e. The minimum absolute atomic E-state index is 0.500. The molecule has 2 fully saturated rings. The Labute approximate surface area is 122 Å². The van der Waals surface area contributed by atoms with Crippen LogP contribution in [0.25, 0.3) is 0 Å². The summed E-state index contributed by atoms with van der Waals surface area (Å²) in [6.07, 6.45) is 6.44. The fraction of sp³-hybridized carbons (Fsp3) is 0.750.